The van der Waals surface area contributed by atoms with Crippen molar-refractivity contribution in [2.45, 2.75) is 25.3 Å². The second-order valence-corrected chi connectivity index (χ2v) is 6.45. The van der Waals surface area contributed by atoms with Crippen molar-refractivity contribution in [1.82, 2.24) is 4.90 Å². The molecule has 1 aliphatic rings. The van der Waals surface area contributed by atoms with Crippen molar-refractivity contribution < 1.29 is 19.4 Å². The highest BCUT2D eigenvalue weighted by molar-refractivity contribution is 5.99. The summed E-state index contributed by atoms with van der Waals surface area (Å²) >= 11 is 0. The number of aliphatic hydroxyl groups excluding tert-OH is 1. The van der Waals surface area contributed by atoms with Gasteiger partial charge in [0.05, 0.1) is 25.3 Å². The SMILES string of the molecule is COC(=O)c1ccccc1-c1cccc(C(=O)N2CCCCC2CO)c1. The molecule has 0 bridgehead atoms. The van der Waals surface area contributed by atoms with E-state index in [1.807, 2.05) is 24.3 Å². The molecule has 3 rings (SSSR count). The zero-order valence-corrected chi connectivity index (χ0v) is 14.9. The van der Waals surface area contributed by atoms with E-state index in [1.165, 1.54) is 7.11 Å². The van der Waals surface area contributed by atoms with E-state index in [4.69, 9.17) is 4.74 Å². The number of likely N-dealkylation sites (tertiary alicyclic amines) is 1. The van der Waals surface area contributed by atoms with Crippen LogP contribution in [0.3, 0.4) is 0 Å². The van der Waals surface area contributed by atoms with Crippen molar-refractivity contribution >= 4 is 11.9 Å². The predicted molar refractivity (Wildman–Crippen MR) is 99.0 cm³/mol. The van der Waals surface area contributed by atoms with E-state index in [-0.39, 0.29) is 18.6 Å². The number of carbonyl (C=O) groups is 2. The maximum absolute atomic E-state index is 13.0. The lowest BCUT2D eigenvalue weighted by molar-refractivity contribution is 0.0503. The number of nitrogens with zero attached hydrogens (tertiary/aromatic N) is 1. The van der Waals surface area contributed by atoms with Gasteiger partial charge in [0.1, 0.15) is 0 Å². The highest BCUT2D eigenvalue weighted by Gasteiger charge is 2.27. The zero-order chi connectivity index (χ0) is 18.5. The Bertz CT molecular complexity index is 802. The van der Waals surface area contributed by atoms with Crippen LogP contribution in [0, 0.1) is 0 Å². The van der Waals surface area contributed by atoms with Crippen LogP contribution in [0.15, 0.2) is 48.5 Å². The highest BCUT2D eigenvalue weighted by Crippen LogP contribution is 2.27. The minimum absolute atomic E-state index is 0.0173. The number of hydrogen-bond donors (Lipinski definition) is 1. The summed E-state index contributed by atoms with van der Waals surface area (Å²) in [5.74, 6) is -0.491. The molecule has 1 atom stereocenters. The van der Waals surface area contributed by atoms with E-state index < -0.39 is 5.97 Å². The van der Waals surface area contributed by atoms with Crippen LogP contribution in [0.1, 0.15) is 40.0 Å². The summed E-state index contributed by atoms with van der Waals surface area (Å²) in [5.41, 5.74) is 2.54. The lowest BCUT2D eigenvalue weighted by atomic mass is 9.96. The normalized spacial score (nSPS) is 17.0. The van der Waals surface area contributed by atoms with E-state index in [0.717, 1.165) is 30.4 Å². The van der Waals surface area contributed by atoms with Crippen LogP contribution in [-0.2, 0) is 4.74 Å². The van der Waals surface area contributed by atoms with Gasteiger partial charge in [-0.1, -0.05) is 30.3 Å². The van der Waals surface area contributed by atoms with Crippen LogP contribution in [0.5, 0.6) is 0 Å². The number of carbonyl (C=O) groups excluding carboxylic acids is 2. The third-order valence-electron chi connectivity index (χ3n) is 4.85. The fraction of sp³-hybridized carbons (Fsp3) is 0.333. The second kappa shape index (κ2) is 8.15. The molecule has 0 aromatic heterocycles. The Kier molecular flexibility index (Phi) is 5.68. The fourth-order valence-corrected chi connectivity index (χ4v) is 3.47. The quantitative estimate of drug-likeness (QED) is 0.858. The third kappa shape index (κ3) is 3.63. The molecule has 0 radical (unpaired) electrons. The van der Waals surface area contributed by atoms with Crippen LogP contribution in [0.25, 0.3) is 11.1 Å². The Morgan fingerprint density at radius 2 is 1.96 bits per heavy atom. The Labute approximate surface area is 153 Å². The van der Waals surface area contributed by atoms with Gasteiger partial charge in [-0.3, -0.25) is 4.79 Å². The van der Waals surface area contributed by atoms with Crippen molar-refractivity contribution in [1.29, 1.82) is 0 Å². The van der Waals surface area contributed by atoms with Crippen molar-refractivity contribution in [3.8, 4) is 11.1 Å². The maximum atomic E-state index is 13.0. The van der Waals surface area contributed by atoms with Crippen molar-refractivity contribution in [2.24, 2.45) is 0 Å². The van der Waals surface area contributed by atoms with Gasteiger partial charge in [0.25, 0.3) is 5.91 Å². The minimum Gasteiger partial charge on any atom is -0.465 e. The van der Waals surface area contributed by atoms with Crippen LogP contribution < -0.4 is 0 Å². The van der Waals surface area contributed by atoms with Crippen LogP contribution >= 0.6 is 0 Å². The highest BCUT2D eigenvalue weighted by atomic mass is 16.5. The third-order valence-corrected chi connectivity index (χ3v) is 4.85. The summed E-state index contributed by atoms with van der Waals surface area (Å²) in [5, 5.41) is 9.57. The number of hydrogen-bond acceptors (Lipinski definition) is 4. The molecule has 1 saturated heterocycles. The molecule has 1 amide bonds. The number of methoxy groups -OCH3 is 1. The molecule has 1 heterocycles. The van der Waals surface area contributed by atoms with Crippen LogP contribution in [0.4, 0.5) is 0 Å². The van der Waals surface area contributed by atoms with E-state index in [1.54, 1.807) is 29.2 Å². The average molecular weight is 353 g/mol. The number of ether oxygens (including phenoxy) is 1. The molecular weight excluding hydrogens is 330 g/mol. The van der Waals surface area contributed by atoms with Gasteiger partial charge in [0.2, 0.25) is 0 Å². The topological polar surface area (TPSA) is 66.8 Å². The largest absolute Gasteiger partial charge is 0.465 e. The zero-order valence-electron chi connectivity index (χ0n) is 14.9. The number of aliphatic hydroxyl groups is 1. The summed E-state index contributed by atoms with van der Waals surface area (Å²) < 4.78 is 4.86. The molecule has 5 nitrogen and oxygen atoms in total. The maximum Gasteiger partial charge on any atom is 0.338 e. The van der Waals surface area contributed by atoms with Gasteiger partial charge in [-0.25, -0.2) is 4.79 Å². The van der Waals surface area contributed by atoms with Crippen molar-refractivity contribution in [3.05, 3.63) is 59.7 Å². The number of piperidine rings is 1. The molecule has 5 heteroatoms. The van der Waals surface area contributed by atoms with Crippen molar-refractivity contribution in [2.75, 3.05) is 20.3 Å². The smallest absolute Gasteiger partial charge is 0.338 e. The molecule has 26 heavy (non-hydrogen) atoms. The molecule has 0 aliphatic carbocycles. The summed E-state index contributed by atoms with van der Waals surface area (Å²) in [6, 6.07) is 14.3. The molecule has 0 saturated carbocycles. The predicted octanol–water partition coefficient (Wildman–Crippen LogP) is 3.13. The lowest BCUT2D eigenvalue weighted by Gasteiger charge is -2.34. The van der Waals surface area contributed by atoms with E-state index >= 15 is 0 Å². The fourth-order valence-electron chi connectivity index (χ4n) is 3.47. The Morgan fingerprint density at radius 3 is 2.73 bits per heavy atom. The van der Waals surface area contributed by atoms with E-state index in [9.17, 15) is 14.7 Å². The molecule has 2 aromatic rings. The first kappa shape index (κ1) is 18.1. The van der Waals surface area contributed by atoms with Gasteiger partial charge in [-0.05, 0) is 48.6 Å². The van der Waals surface area contributed by atoms with Crippen LogP contribution in [0.2, 0.25) is 0 Å². The molecule has 136 valence electrons. The first-order valence-corrected chi connectivity index (χ1v) is 8.85. The molecule has 1 fully saturated rings. The van der Waals surface area contributed by atoms with Gasteiger partial charge >= 0.3 is 5.97 Å². The van der Waals surface area contributed by atoms with Gasteiger partial charge in [0, 0.05) is 12.1 Å². The molecule has 1 N–H and O–H groups in total. The Hall–Kier alpha value is -2.66. The standard InChI is InChI=1S/C21H23NO4/c1-26-21(25)19-11-3-2-10-18(19)15-7-6-8-16(13-15)20(24)22-12-5-4-9-17(22)14-23/h2-3,6-8,10-11,13,17,23H,4-5,9,12,14H2,1H3. The number of rotatable bonds is 4. The van der Waals surface area contributed by atoms with Crippen molar-refractivity contribution in [3.63, 3.8) is 0 Å². The molecular formula is C21H23NO4. The summed E-state index contributed by atoms with van der Waals surface area (Å²) in [6.45, 7) is 0.643. The lowest BCUT2D eigenvalue weighted by Crippen LogP contribution is -2.45. The molecule has 0 spiro atoms. The molecule has 2 aromatic carbocycles. The molecule has 1 unspecified atom stereocenters. The van der Waals surface area contributed by atoms with E-state index in [2.05, 4.69) is 0 Å². The Balaban J connectivity index is 1.94. The second-order valence-electron chi connectivity index (χ2n) is 6.45. The van der Waals surface area contributed by atoms with E-state index in [0.29, 0.717) is 17.7 Å². The first-order valence-electron chi connectivity index (χ1n) is 8.85. The summed E-state index contributed by atoms with van der Waals surface area (Å²) in [4.78, 5) is 26.7. The summed E-state index contributed by atoms with van der Waals surface area (Å²) in [7, 11) is 1.35. The summed E-state index contributed by atoms with van der Waals surface area (Å²) in [6.07, 6.45) is 2.81. The van der Waals surface area contributed by atoms with Crippen LogP contribution in [-0.4, -0.2) is 48.2 Å². The monoisotopic (exact) mass is 353 g/mol. The molecule has 1 aliphatic heterocycles. The number of amides is 1. The van der Waals surface area contributed by atoms with Gasteiger partial charge < -0.3 is 14.7 Å². The number of benzene rings is 2. The van der Waals surface area contributed by atoms with Gasteiger partial charge in [0.15, 0.2) is 0 Å². The number of esters is 1. The minimum atomic E-state index is -0.409. The average Bonchev–Trinajstić information content (AvgIpc) is 2.72. The first-order chi connectivity index (χ1) is 12.7. The van der Waals surface area contributed by atoms with Gasteiger partial charge in [-0.15, -0.1) is 0 Å². The Morgan fingerprint density at radius 1 is 1.15 bits per heavy atom. The van der Waals surface area contributed by atoms with Gasteiger partial charge in [-0.2, -0.15) is 0 Å².